The van der Waals surface area contributed by atoms with Gasteiger partial charge in [-0.1, -0.05) is 30.3 Å². The van der Waals surface area contributed by atoms with Crippen LogP contribution < -0.4 is 4.57 Å². The van der Waals surface area contributed by atoms with E-state index in [-0.39, 0.29) is 0 Å². The van der Waals surface area contributed by atoms with Crippen LogP contribution in [-0.4, -0.2) is 9.55 Å². The Kier molecular flexibility index (Phi) is 3.11. The van der Waals surface area contributed by atoms with Crippen LogP contribution in [0.5, 0.6) is 0 Å². The maximum Gasteiger partial charge on any atom is 0.215 e. The summed E-state index contributed by atoms with van der Waals surface area (Å²) in [5, 5.41) is 1.23. The fourth-order valence-corrected chi connectivity index (χ4v) is 5.31. The zero-order chi connectivity index (χ0) is 23.9. The minimum atomic E-state index is -2.22. The Balaban J connectivity index is 1.80. The van der Waals surface area contributed by atoms with Crippen molar-refractivity contribution in [1.82, 2.24) is 9.55 Å². The van der Waals surface area contributed by atoms with E-state index in [2.05, 4.69) is 72.5 Å². The molecule has 0 atom stereocenters. The zero-order valence-electron chi connectivity index (χ0n) is 21.2. The van der Waals surface area contributed by atoms with Gasteiger partial charge in [0.25, 0.3) is 0 Å². The molecule has 3 heterocycles. The molecule has 0 N–H and O–H groups in total. The molecule has 3 aromatic carbocycles. The smallest absolute Gasteiger partial charge is 0.215 e. The highest BCUT2D eigenvalue weighted by Crippen LogP contribution is 2.39. The minimum absolute atomic E-state index is 0.363. The summed E-state index contributed by atoms with van der Waals surface area (Å²) < 4.78 is 29.1. The molecule has 31 heavy (non-hydrogen) atoms. The summed E-state index contributed by atoms with van der Waals surface area (Å²) in [6.07, 6.45) is 0.745. The lowest BCUT2D eigenvalue weighted by Crippen LogP contribution is -2.33. The molecule has 2 aromatic heterocycles. The van der Waals surface area contributed by atoms with Gasteiger partial charge < -0.3 is 0 Å². The Bertz CT molecular complexity index is 1660. The fourth-order valence-electron chi connectivity index (χ4n) is 5.31. The largest absolute Gasteiger partial charge is 0.295 e. The molecule has 0 aliphatic carbocycles. The minimum Gasteiger partial charge on any atom is -0.295 e. The Morgan fingerprint density at radius 2 is 1.81 bits per heavy atom. The number of nitrogens with zero attached hydrogens (tertiary/aromatic N) is 3. The van der Waals surface area contributed by atoms with Crippen LogP contribution in [0.3, 0.4) is 0 Å². The zero-order valence-corrected chi connectivity index (χ0v) is 18.2. The fraction of sp³-hybridized carbons (Fsp3) is 0.214. The van der Waals surface area contributed by atoms with Crippen LogP contribution in [0.15, 0.2) is 54.6 Å². The second kappa shape index (κ2) is 6.27. The number of rotatable bonds is 1. The molecule has 0 amide bonds. The van der Waals surface area contributed by atoms with Gasteiger partial charge >= 0.3 is 0 Å². The van der Waals surface area contributed by atoms with Gasteiger partial charge in [-0.3, -0.25) is 4.57 Å². The van der Waals surface area contributed by atoms with E-state index >= 15 is 0 Å². The van der Waals surface area contributed by atoms with Gasteiger partial charge in [0.05, 0.1) is 27.7 Å². The third kappa shape index (κ3) is 2.40. The van der Waals surface area contributed by atoms with Crippen LogP contribution >= 0.6 is 0 Å². The molecule has 1 aliphatic rings. The van der Waals surface area contributed by atoms with Gasteiger partial charge in [-0.2, -0.15) is 4.57 Å². The number of imidazole rings is 1. The molecule has 6 rings (SSSR count). The third-order valence-electron chi connectivity index (χ3n) is 6.83. The molecule has 5 aromatic rings. The van der Waals surface area contributed by atoms with Crippen molar-refractivity contribution in [2.24, 2.45) is 7.05 Å². The van der Waals surface area contributed by atoms with Crippen LogP contribution in [0, 0.1) is 27.6 Å². The Labute approximate surface area is 186 Å². The highest BCUT2D eigenvalue weighted by molar-refractivity contribution is 5.97. The van der Waals surface area contributed by atoms with E-state index in [0.717, 1.165) is 51.3 Å². The molecule has 3 heteroatoms. The number of hydrogen-bond acceptors (Lipinski definition) is 1. The summed E-state index contributed by atoms with van der Waals surface area (Å²) in [4.78, 5) is 4.94. The second-order valence-corrected chi connectivity index (χ2v) is 8.70. The van der Waals surface area contributed by atoms with E-state index in [4.69, 9.17) is 9.10 Å². The van der Waals surface area contributed by atoms with Gasteiger partial charge in [0.2, 0.25) is 11.2 Å². The summed E-state index contributed by atoms with van der Waals surface area (Å²) >= 11 is 0. The Morgan fingerprint density at radius 1 is 0.968 bits per heavy atom. The first-order valence-corrected chi connectivity index (χ1v) is 10.7. The molecule has 0 radical (unpaired) electrons. The van der Waals surface area contributed by atoms with Gasteiger partial charge in [0, 0.05) is 22.7 Å². The highest BCUT2D eigenvalue weighted by Gasteiger charge is 2.29. The van der Waals surface area contributed by atoms with Crippen molar-refractivity contribution in [3.63, 3.8) is 0 Å². The molecule has 0 spiro atoms. The number of fused-ring (bicyclic) bond motifs is 6. The summed E-state index contributed by atoms with van der Waals surface area (Å²) in [5.41, 5.74) is 10.7. The van der Waals surface area contributed by atoms with E-state index in [1.54, 1.807) is 6.07 Å². The number of aromatic nitrogens is 3. The lowest BCUT2D eigenvalue weighted by molar-refractivity contribution is -0.633. The molecule has 0 saturated carbocycles. The Morgan fingerprint density at radius 3 is 2.65 bits per heavy atom. The topological polar surface area (TPSA) is 21.7 Å². The Hall–Kier alpha value is -3.46. The molecular weight excluding hydrogens is 378 g/mol. The molecular formula is C28H26N3+. The van der Waals surface area contributed by atoms with Gasteiger partial charge in [0.15, 0.2) is 0 Å². The van der Waals surface area contributed by atoms with Crippen LogP contribution in [0.25, 0.3) is 38.9 Å². The van der Waals surface area contributed by atoms with E-state index in [1.165, 1.54) is 22.1 Å². The van der Waals surface area contributed by atoms with Crippen LogP contribution in [0.1, 0.15) is 37.8 Å². The van der Waals surface area contributed by atoms with Crippen molar-refractivity contribution in [3.05, 3.63) is 88.2 Å². The first-order valence-electron chi connectivity index (χ1n) is 12.2. The van der Waals surface area contributed by atoms with E-state index < -0.39 is 6.85 Å². The van der Waals surface area contributed by atoms with Gasteiger partial charge in [-0.15, -0.1) is 0 Å². The molecule has 0 fully saturated rings. The molecule has 0 bridgehead atoms. The van der Waals surface area contributed by atoms with E-state index in [0.29, 0.717) is 5.56 Å². The van der Waals surface area contributed by atoms with Crippen molar-refractivity contribution < 1.29 is 8.68 Å². The van der Waals surface area contributed by atoms with Crippen molar-refractivity contribution in [2.45, 2.75) is 34.0 Å². The number of pyridine rings is 1. The van der Waals surface area contributed by atoms with Gasteiger partial charge in [-0.25, -0.2) is 4.98 Å². The molecule has 1 aliphatic heterocycles. The van der Waals surface area contributed by atoms with Crippen molar-refractivity contribution >= 4 is 21.9 Å². The predicted molar refractivity (Wildman–Crippen MR) is 127 cm³/mol. The van der Waals surface area contributed by atoms with Crippen LogP contribution in [0.4, 0.5) is 0 Å². The number of benzene rings is 3. The molecule has 152 valence electrons. The summed E-state index contributed by atoms with van der Waals surface area (Å²) in [6.45, 7) is 3.98. The highest BCUT2D eigenvalue weighted by atomic mass is 15.1. The molecule has 0 saturated heterocycles. The molecule has 3 nitrogen and oxygen atoms in total. The van der Waals surface area contributed by atoms with Crippen molar-refractivity contribution in [3.8, 4) is 16.9 Å². The first-order chi connectivity index (χ1) is 16.2. The standard InChI is InChI=1S/C28H26N3/c1-16-9-8-12-23-26(16)18(3)14-24(30(23)5)27-19(4)17(2)13-21-28(27)31-22-11-7-6-10-20(22)15-25(31)29-21/h6-14H,15H2,1-5H3/q+1/i2D3. The lowest BCUT2D eigenvalue weighted by atomic mass is 9.95. The lowest BCUT2D eigenvalue weighted by Gasteiger charge is -2.14. The SMILES string of the molecule is [2H]C([2H])([2H])c1cc2nc3n(c2c(-c2cc(C)c4c(C)cccc4[n+]2C)c1C)-c1ccccc1C3. The third-order valence-corrected chi connectivity index (χ3v) is 6.83. The predicted octanol–water partition coefficient (Wildman–Crippen LogP) is 5.81. The first kappa shape index (κ1) is 15.4. The van der Waals surface area contributed by atoms with Crippen molar-refractivity contribution in [1.29, 1.82) is 0 Å². The summed E-state index contributed by atoms with van der Waals surface area (Å²) in [6, 6.07) is 18.7. The van der Waals surface area contributed by atoms with E-state index in [9.17, 15) is 0 Å². The van der Waals surface area contributed by atoms with Crippen LogP contribution in [0.2, 0.25) is 0 Å². The maximum absolute atomic E-state index is 8.23. The summed E-state index contributed by atoms with van der Waals surface area (Å²) in [5.74, 6) is 0.954. The maximum atomic E-state index is 8.23. The second-order valence-electron chi connectivity index (χ2n) is 8.70. The quantitative estimate of drug-likeness (QED) is 0.315. The summed E-state index contributed by atoms with van der Waals surface area (Å²) in [7, 11) is 2.07. The number of hydrogen-bond donors (Lipinski definition) is 0. The number of para-hydroxylation sites is 1. The van der Waals surface area contributed by atoms with Crippen molar-refractivity contribution in [2.75, 3.05) is 0 Å². The van der Waals surface area contributed by atoms with Gasteiger partial charge in [0.1, 0.15) is 12.9 Å². The van der Waals surface area contributed by atoms with E-state index in [1.807, 2.05) is 13.0 Å². The molecule has 0 unspecified atom stereocenters. The normalized spacial score (nSPS) is 14.4. The average Bonchev–Trinajstić information content (AvgIpc) is 3.31. The number of aryl methyl sites for hydroxylation is 4. The van der Waals surface area contributed by atoms with Gasteiger partial charge in [-0.05, 0) is 67.6 Å². The average molecular weight is 408 g/mol. The monoisotopic (exact) mass is 407 g/mol. The van der Waals surface area contributed by atoms with Crippen LogP contribution in [-0.2, 0) is 13.5 Å².